The minimum Gasteiger partial charge on any atom is -0.493 e. The Morgan fingerprint density at radius 2 is 2.00 bits per heavy atom. The SMILES string of the molecule is CC(C)c1nnsc1CNC(=O)c1ccc2c(c1)Cc1cccc(c1)CN(CC1CC1)CCCCCO2. The van der Waals surface area contributed by atoms with Gasteiger partial charge in [-0.3, -0.25) is 9.69 Å². The van der Waals surface area contributed by atoms with Crippen LogP contribution in [0.1, 0.15) is 89.5 Å². The van der Waals surface area contributed by atoms with Crippen molar-refractivity contribution in [1.82, 2.24) is 19.8 Å². The largest absolute Gasteiger partial charge is 0.493 e. The quantitative estimate of drug-likeness (QED) is 0.436. The van der Waals surface area contributed by atoms with Gasteiger partial charge in [-0.15, -0.1) is 5.10 Å². The number of rotatable bonds is 6. The molecule has 6 nitrogen and oxygen atoms in total. The normalized spacial score (nSPS) is 17.1. The summed E-state index contributed by atoms with van der Waals surface area (Å²) in [7, 11) is 0. The number of fused-ring (bicyclic) bond motifs is 3. The van der Waals surface area contributed by atoms with Crippen molar-refractivity contribution >= 4 is 17.4 Å². The van der Waals surface area contributed by atoms with Gasteiger partial charge in [-0.25, -0.2) is 0 Å². The predicted molar refractivity (Wildman–Crippen MR) is 148 cm³/mol. The van der Waals surface area contributed by atoms with Gasteiger partial charge in [0.05, 0.1) is 23.7 Å². The highest BCUT2D eigenvalue weighted by atomic mass is 32.1. The van der Waals surface area contributed by atoms with Crippen LogP contribution in [0.3, 0.4) is 0 Å². The lowest BCUT2D eigenvalue weighted by atomic mass is 9.99. The summed E-state index contributed by atoms with van der Waals surface area (Å²) in [5.41, 5.74) is 5.28. The Balaban J connectivity index is 1.33. The maximum atomic E-state index is 13.1. The van der Waals surface area contributed by atoms with E-state index in [1.54, 1.807) is 0 Å². The minimum atomic E-state index is -0.0882. The van der Waals surface area contributed by atoms with E-state index in [4.69, 9.17) is 4.74 Å². The first-order valence-corrected chi connectivity index (χ1v) is 14.5. The molecule has 1 N–H and O–H groups in total. The van der Waals surface area contributed by atoms with Crippen molar-refractivity contribution in [2.45, 2.75) is 71.4 Å². The lowest BCUT2D eigenvalue weighted by Gasteiger charge is -2.23. The molecule has 0 spiro atoms. The van der Waals surface area contributed by atoms with Gasteiger partial charge in [0.1, 0.15) is 5.75 Å². The summed E-state index contributed by atoms with van der Waals surface area (Å²) in [6.07, 6.45) is 6.93. The Morgan fingerprint density at radius 1 is 1.14 bits per heavy atom. The van der Waals surface area contributed by atoms with Crippen LogP contribution in [0.4, 0.5) is 0 Å². The molecule has 2 heterocycles. The number of hydrogen-bond acceptors (Lipinski definition) is 6. The molecule has 2 aliphatic rings. The summed E-state index contributed by atoms with van der Waals surface area (Å²) in [6.45, 7) is 8.73. The van der Waals surface area contributed by atoms with Crippen molar-refractivity contribution in [2.24, 2.45) is 5.92 Å². The molecule has 1 fully saturated rings. The van der Waals surface area contributed by atoms with Crippen LogP contribution in [-0.4, -0.2) is 40.1 Å². The van der Waals surface area contributed by atoms with Crippen LogP contribution in [0.2, 0.25) is 0 Å². The van der Waals surface area contributed by atoms with Gasteiger partial charge in [0.2, 0.25) is 0 Å². The van der Waals surface area contributed by atoms with Crippen molar-refractivity contribution < 1.29 is 9.53 Å². The van der Waals surface area contributed by atoms with E-state index >= 15 is 0 Å². The van der Waals surface area contributed by atoms with Gasteiger partial charge in [-0.05, 0) is 96.9 Å². The molecule has 2 aromatic carbocycles. The molecule has 1 aliphatic heterocycles. The van der Waals surface area contributed by atoms with Gasteiger partial charge < -0.3 is 10.1 Å². The minimum absolute atomic E-state index is 0.0882. The van der Waals surface area contributed by atoms with Crippen LogP contribution in [0.25, 0.3) is 0 Å². The Morgan fingerprint density at radius 3 is 2.84 bits per heavy atom. The van der Waals surface area contributed by atoms with Gasteiger partial charge >= 0.3 is 0 Å². The van der Waals surface area contributed by atoms with Crippen molar-refractivity contribution in [2.75, 3.05) is 19.7 Å². The molecule has 0 saturated heterocycles. The third-order valence-corrected chi connectivity index (χ3v) is 7.98. The lowest BCUT2D eigenvalue weighted by molar-refractivity contribution is 0.0951. The number of carbonyl (C=O) groups is 1. The van der Waals surface area contributed by atoms with Gasteiger partial charge in [0.15, 0.2) is 0 Å². The number of carbonyl (C=O) groups excluding carboxylic acids is 1. The summed E-state index contributed by atoms with van der Waals surface area (Å²) in [6, 6.07) is 14.8. The lowest BCUT2D eigenvalue weighted by Crippen LogP contribution is -2.27. The first-order chi connectivity index (χ1) is 18.0. The molecule has 5 rings (SSSR count). The van der Waals surface area contributed by atoms with E-state index in [0.717, 1.165) is 53.7 Å². The van der Waals surface area contributed by atoms with E-state index in [2.05, 4.69) is 57.9 Å². The standard InChI is InChI=1S/C30H38N4O2S/c1-21(2)29-28(37-33-32-29)18-31-30(35)25-11-12-27-26(17-25)16-23-7-6-8-24(15-23)20-34(19-22-9-10-22)13-4-3-5-14-36-27/h6-8,11-12,15,17,21-22H,3-5,9-10,13-14,16,18-20H2,1-2H3,(H,31,35). The Labute approximate surface area is 224 Å². The summed E-state index contributed by atoms with van der Waals surface area (Å²) < 4.78 is 10.3. The van der Waals surface area contributed by atoms with E-state index in [1.807, 2.05) is 18.2 Å². The fourth-order valence-corrected chi connectivity index (χ4v) is 5.79. The molecule has 0 atom stereocenters. The molecule has 37 heavy (non-hydrogen) atoms. The molecule has 196 valence electrons. The second-order valence-electron chi connectivity index (χ2n) is 10.8. The molecule has 1 aromatic heterocycles. The smallest absolute Gasteiger partial charge is 0.251 e. The molecule has 0 radical (unpaired) electrons. The maximum Gasteiger partial charge on any atom is 0.251 e. The maximum absolute atomic E-state index is 13.1. The first kappa shape index (κ1) is 25.9. The zero-order chi connectivity index (χ0) is 25.6. The van der Waals surface area contributed by atoms with Crippen molar-refractivity contribution in [3.05, 3.63) is 75.3 Å². The van der Waals surface area contributed by atoms with Crippen LogP contribution >= 0.6 is 11.5 Å². The van der Waals surface area contributed by atoms with E-state index in [9.17, 15) is 4.79 Å². The van der Waals surface area contributed by atoms with Crippen molar-refractivity contribution in [3.8, 4) is 5.75 Å². The van der Waals surface area contributed by atoms with Crippen LogP contribution in [0.5, 0.6) is 5.75 Å². The average Bonchev–Trinajstić information content (AvgIpc) is 3.57. The summed E-state index contributed by atoms with van der Waals surface area (Å²) in [5, 5.41) is 7.28. The molecule has 7 heteroatoms. The third kappa shape index (κ3) is 7.17. The summed E-state index contributed by atoms with van der Waals surface area (Å²) in [4.78, 5) is 16.7. The number of ether oxygens (including phenoxy) is 1. The highest BCUT2D eigenvalue weighted by Crippen LogP contribution is 2.31. The Hall–Kier alpha value is -2.77. The molecule has 1 aliphatic carbocycles. The highest BCUT2D eigenvalue weighted by molar-refractivity contribution is 7.05. The van der Waals surface area contributed by atoms with Crippen LogP contribution in [0.15, 0.2) is 42.5 Å². The Kier molecular flexibility index (Phi) is 8.52. The van der Waals surface area contributed by atoms with E-state index < -0.39 is 0 Å². The molecule has 1 saturated carbocycles. The van der Waals surface area contributed by atoms with Crippen LogP contribution in [-0.2, 0) is 19.5 Å². The van der Waals surface area contributed by atoms with E-state index in [1.165, 1.54) is 54.9 Å². The summed E-state index contributed by atoms with van der Waals surface area (Å²) >= 11 is 1.35. The van der Waals surface area contributed by atoms with Crippen LogP contribution < -0.4 is 10.1 Å². The van der Waals surface area contributed by atoms with E-state index in [-0.39, 0.29) is 11.8 Å². The van der Waals surface area contributed by atoms with Crippen molar-refractivity contribution in [1.29, 1.82) is 0 Å². The van der Waals surface area contributed by atoms with Gasteiger partial charge in [0, 0.05) is 25.1 Å². The number of aromatic nitrogens is 2. The number of nitrogens with one attached hydrogen (secondary N) is 1. The number of hydrogen-bond donors (Lipinski definition) is 1. The molecular weight excluding hydrogens is 480 g/mol. The molecule has 1 amide bonds. The first-order valence-electron chi connectivity index (χ1n) is 13.7. The second kappa shape index (κ2) is 12.2. The van der Waals surface area contributed by atoms with Crippen LogP contribution in [0, 0.1) is 5.92 Å². The average molecular weight is 519 g/mol. The topological polar surface area (TPSA) is 67.4 Å². The number of benzene rings is 2. The molecular formula is C30H38N4O2S. The number of amides is 1. The monoisotopic (exact) mass is 518 g/mol. The second-order valence-corrected chi connectivity index (χ2v) is 11.7. The molecule has 3 aromatic rings. The van der Waals surface area contributed by atoms with Gasteiger partial charge in [0.25, 0.3) is 5.91 Å². The predicted octanol–water partition coefficient (Wildman–Crippen LogP) is 5.96. The fourth-order valence-electron chi connectivity index (χ4n) is 5.05. The zero-order valence-corrected chi connectivity index (χ0v) is 22.9. The molecule has 2 bridgehead atoms. The molecule has 0 unspecified atom stereocenters. The van der Waals surface area contributed by atoms with Crippen molar-refractivity contribution in [3.63, 3.8) is 0 Å². The highest BCUT2D eigenvalue weighted by Gasteiger charge is 2.24. The number of nitrogens with zero attached hydrogens (tertiary/aromatic N) is 3. The third-order valence-electron chi connectivity index (χ3n) is 7.25. The Bertz CT molecular complexity index is 1200. The fraction of sp³-hybridized carbons (Fsp3) is 0.500. The van der Waals surface area contributed by atoms with E-state index in [0.29, 0.717) is 18.7 Å². The zero-order valence-electron chi connectivity index (χ0n) is 22.0. The van der Waals surface area contributed by atoms with Gasteiger partial charge in [-0.2, -0.15) is 0 Å². The van der Waals surface area contributed by atoms with Gasteiger partial charge in [-0.1, -0.05) is 42.6 Å². The summed E-state index contributed by atoms with van der Waals surface area (Å²) in [5.74, 6) is 1.97.